The van der Waals surface area contributed by atoms with Crippen LogP contribution in [0.5, 0.6) is 0 Å². The van der Waals surface area contributed by atoms with Crippen molar-refractivity contribution in [2.75, 3.05) is 19.6 Å². The minimum absolute atomic E-state index is 0.661. The fourth-order valence-electron chi connectivity index (χ4n) is 1.62. The molecule has 0 aromatic heterocycles. The van der Waals surface area contributed by atoms with Gasteiger partial charge in [-0.3, -0.25) is 0 Å². The topological polar surface area (TPSA) is 32.7 Å². The van der Waals surface area contributed by atoms with Crippen LogP contribution in [0.15, 0.2) is 4.99 Å². The van der Waals surface area contributed by atoms with Gasteiger partial charge in [-0.2, -0.15) is 0 Å². The number of nitrogens with zero attached hydrogens (tertiary/aromatic N) is 2. The minimum atomic E-state index is 0.661. The molecular formula is C10H14N2O. The zero-order chi connectivity index (χ0) is 9.52. The van der Waals surface area contributed by atoms with Crippen molar-refractivity contribution in [1.29, 1.82) is 0 Å². The molecule has 0 bridgehead atoms. The van der Waals surface area contributed by atoms with Crippen molar-refractivity contribution in [1.82, 2.24) is 4.90 Å². The molecule has 0 spiro atoms. The Bertz CT molecular complexity index is 258. The summed E-state index contributed by atoms with van der Waals surface area (Å²) in [5, 5.41) is 0. The van der Waals surface area contributed by atoms with Gasteiger partial charge in [-0.15, -0.1) is 4.99 Å². The summed E-state index contributed by atoms with van der Waals surface area (Å²) >= 11 is 0. The second-order valence-electron chi connectivity index (χ2n) is 3.24. The first-order valence-corrected chi connectivity index (χ1v) is 4.64. The molecule has 70 valence electrons. The zero-order valence-corrected chi connectivity index (χ0v) is 7.92. The first-order valence-electron chi connectivity index (χ1n) is 4.64. The smallest absolute Gasteiger partial charge is 0.249 e. The summed E-state index contributed by atoms with van der Waals surface area (Å²) in [6.45, 7) is 5.61. The van der Waals surface area contributed by atoms with E-state index in [2.05, 4.69) is 28.8 Å². The third-order valence-corrected chi connectivity index (χ3v) is 2.39. The van der Waals surface area contributed by atoms with Gasteiger partial charge in [0.15, 0.2) is 0 Å². The fourth-order valence-corrected chi connectivity index (χ4v) is 1.62. The quantitative estimate of drug-likeness (QED) is 0.359. The van der Waals surface area contributed by atoms with Gasteiger partial charge >= 0.3 is 0 Å². The van der Waals surface area contributed by atoms with Gasteiger partial charge < -0.3 is 4.90 Å². The first kappa shape index (κ1) is 9.98. The molecule has 1 heterocycles. The van der Waals surface area contributed by atoms with Crippen LogP contribution in [0.4, 0.5) is 0 Å². The molecule has 3 heteroatoms. The van der Waals surface area contributed by atoms with E-state index in [1.807, 2.05) is 0 Å². The number of rotatable bonds is 2. The van der Waals surface area contributed by atoms with Crippen LogP contribution in [-0.2, 0) is 4.79 Å². The predicted molar refractivity (Wildman–Crippen MR) is 50.7 cm³/mol. The molecule has 1 saturated heterocycles. The second kappa shape index (κ2) is 5.53. The molecule has 0 radical (unpaired) electrons. The molecular weight excluding hydrogens is 164 g/mol. The number of hydrogen-bond donors (Lipinski definition) is 0. The van der Waals surface area contributed by atoms with E-state index in [0.29, 0.717) is 5.92 Å². The zero-order valence-electron chi connectivity index (χ0n) is 7.92. The maximum Gasteiger partial charge on any atom is 0.249 e. The van der Waals surface area contributed by atoms with E-state index in [1.54, 1.807) is 0 Å². The number of isocyanates is 1. The van der Waals surface area contributed by atoms with Crippen LogP contribution in [-0.4, -0.2) is 30.6 Å². The average Bonchev–Trinajstić information content (AvgIpc) is 2.60. The Morgan fingerprint density at radius 3 is 3.08 bits per heavy atom. The highest BCUT2D eigenvalue weighted by Gasteiger charge is 2.19. The van der Waals surface area contributed by atoms with Crippen molar-refractivity contribution in [2.45, 2.75) is 19.8 Å². The lowest BCUT2D eigenvalue weighted by Gasteiger charge is -2.10. The molecule has 0 aliphatic carbocycles. The Balaban J connectivity index is 2.25. The van der Waals surface area contributed by atoms with Crippen molar-refractivity contribution in [3.05, 3.63) is 0 Å². The van der Waals surface area contributed by atoms with E-state index in [1.165, 1.54) is 19.0 Å². The van der Waals surface area contributed by atoms with E-state index in [-0.39, 0.29) is 0 Å². The number of carbonyl (C=O) groups excluding carboxylic acids is 1. The summed E-state index contributed by atoms with van der Waals surface area (Å²) in [6.07, 6.45) is 3.47. The molecule has 13 heavy (non-hydrogen) atoms. The van der Waals surface area contributed by atoms with Crippen LogP contribution < -0.4 is 0 Å². The molecule has 1 aliphatic rings. The average molecular weight is 178 g/mol. The lowest BCUT2D eigenvalue weighted by Crippen LogP contribution is -2.19. The van der Waals surface area contributed by atoms with Crippen LogP contribution in [0.2, 0.25) is 0 Å². The van der Waals surface area contributed by atoms with Gasteiger partial charge in [0, 0.05) is 19.0 Å². The molecule has 3 nitrogen and oxygen atoms in total. The molecule has 0 aromatic rings. The summed E-state index contributed by atoms with van der Waals surface area (Å²) in [7, 11) is 0. The number of aliphatic imine (C=N–C) groups is 1. The van der Waals surface area contributed by atoms with Crippen molar-refractivity contribution in [3.8, 4) is 12.0 Å². The van der Waals surface area contributed by atoms with Crippen molar-refractivity contribution in [3.63, 3.8) is 0 Å². The highest BCUT2D eigenvalue weighted by molar-refractivity contribution is 5.36. The lowest BCUT2D eigenvalue weighted by molar-refractivity contribution is 0.343. The SMILES string of the molecule is CCN1CCC(CC#CN=C=O)C1. The van der Waals surface area contributed by atoms with Crippen molar-refractivity contribution >= 4 is 6.08 Å². The van der Waals surface area contributed by atoms with Crippen LogP contribution >= 0.6 is 0 Å². The Hall–Kier alpha value is -1.10. The molecule has 1 rings (SSSR count). The van der Waals surface area contributed by atoms with Crippen LogP contribution in [0.1, 0.15) is 19.8 Å². The second-order valence-corrected chi connectivity index (χ2v) is 3.24. The number of likely N-dealkylation sites (tertiary alicyclic amines) is 1. The Morgan fingerprint density at radius 2 is 2.46 bits per heavy atom. The number of hydrogen-bond acceptors (Lipinski definition) is 3. The summed E-state index contributed by atoms with van der Waals surface area (Å²) < 4.78 is 0. The van der Waals surface area contributed by atoms with Gasteiger partial charge in [-0.25, -0.2) is 4.79 Å². The third-order valence-electron chi connectivity index (χ3n) is 2.39. The standard InChI is InChI=1S/C10H14N2O/c1-2-12-7-5-10(8-12)4-3-6-11-9-13/h10H,2,4-5,7-8H2,1H3. The van der Waals surface area contributed by atoms with Gasteiger partial charge in [-0.05, 0) is 25.4 Å². The largest absolute Gasteiger partial charge is 0.303 e. The highest BCUT2D eigenvalue weighted by atomic mass is 16.1. The normalized spacial score (nSPS) is 21.8. The Morgan fingerprint density at radius 1 is 1.62 bits per heavy atom. The maximum atomic E-state index is 9.70. The summed E-state index contributed by atoms with van der Waals surface area (Å²) in [5.74, 6) is 3.53. The summed E-state index contributed by atoms with van der Waals surface area (Å²) in [6, 6.07) is 2.43. The third kappa shape index (κ3) is 3.42. The summed E-state index contributed by atoms with van der Waals surface area (Å²) in [5.41, 5.74) is 0. The molecule has 1 aliphatic heterocycles. The lowest BCUT2D eigenvalue weighted by atomic mass is 10.1. The maximum absolute atomic E-state index is 9.70. The first-order chi connectivity index (χ1) is 6.36. The van der Waals surface area contributed by atoms with Gasteiger partial charge in [0.05, 0.1) is 0 Å². The molecule has 0 saturated carbocycles. The van der Waals surface area contributed by atoms with E-state index < -0.39 is 0 Å². The van der Waals surface area contributed by atoms with Gasteiger partial charge in [0.2, 0.25) is 6.08 Å². The summed E-state index contributed by atoms with van der Waals surface area (Å²) in [4.78, 5) is 15.3. The Labute approximate surface area is 78.8 Å². The Kier molecular flexibility index (Phi) is 4.25. The molecule has 1 fully saturated rings. The molecule has 0 N–H and O–H groups in total. The predicted octanol–water partition coefficient (Wildman–Crippen LogP) is 1.01. The minimum Gasteiger partial charge on any atom is -0.303 e. The molecule has 1 atom stereocenters. The van der Waals surface area contributed by atoms with Crippen molar-refractivity contribution in [2.24, 2.45) is 10.9 Å². The van der Waals surface area contributed by atoms with Gasteiger partial charge in [0.1, 0.15) is 0 Å². The van der Waals surface area contributed by atoms with E-state index in [9.17, 15) is 4.79 Å². The van der Waals surface area contributed by atoms with Crippen LogP contribution in [0.25, 0.3) is 0 Å². The molecule has 1 unspecified atom stereocenters. The van der Waals surface area contributed by atoms with Gasteiger partial charge in [0.25, 0.3) is 0 Å². The van der Waals surface area contributed by atoms with E-state index in [0.717, 1.165) is 19.5 Å². The van der Waals surface area contributed by atoms with E-state index in [4.69, 9.17) is 0 Å². The van der Waals surface area contributed by atoms with Crippen LogP contribution in [0, 0.1) is 17.9 Å². The monoisotopic (exact) mass is 178 g/mol. The van der Waals surface area contributed by atoms with Crippen molar-refractivity contribution < 1.29 is 4.79 Å². The molecule has 0 amide bonds. The fraction of sp³-hybridized carbons (Fsp3) is 0.700. The highest BCUT2D eigenvalue weighted by Crippen LogP contribution is 2.18. The van der Waals surface area contributed by atoms with Gasteiger partial charge in [-0.1, -0.05) is 12.8 Å². The van der Waals surface area contributed by atoms with E-state index >= 15 is 0 Å². The molecule has 0 aromatic carbocycles. The van der Waals surface area contributed by atoms with Crippen LogP contribution in [0.3, 0.4) is 0 Å².